The highest BCUT2D eigenvalue weighted by atomic mass is 16.5. The van der Waals surface area contributed by atoms with Crippen molar-refractivity contribution in [2.24, 2.45) is 0 Å². The molecule has 2 heterocycles. The number of carbonyl (C=O) groups excluding carboxylic acids is 1. The minimum absolute atomic E-state index is 0.0331. The molecule has 1 aliphatic rings. The van der Waals surface area contributed by atoms with Crippen LogP contribution in [0.5, 0.6) is 17.2 Å². The second-order valence-electron chi connectivity index (χ2n) is 6.63. The van der Waals surface area contributed by atoms with Crippen LogP contribution in [0.15, 0.2) is 47.0 Å². The van der Waals surface area contributed by atoms with Crippen molar-refractivity contribution in [3.63, 3.8) is 0 Å². The second kappa shape index (κ2) is 7.83. The van der Waals surface area contributed by atoms with Gasteiger partial charge < -0.3 is 23.6 Å². The van der Waals surface area contributed by atoms with Crippen molar-refractivity contribution in [3.8, 4) is 28.7 Å². The number of nitrogens with zero attached hydrogens (tertiary/aromatic N) is 3. The van der Waals surface area contributed by atoms with Gasteiger partial charge in [0.05, 0.1) is 27.0 Å². The van der Waals surface area contributed by atoms with Crippen LogP contribution < -0.4 is 19.1 Å². The third kappa shape index (κ3) is 3.61. The molecule has 0 aliphatic carbocycles. The fourth-order valence-electron chi connectivity index (χ4n) is 3.40. The van der Waals surface area contributed by atoms with E-state index in [4.69, 9.17) is 18.7 Å². The lowest BCUT2D eigenvalue weighted by Gasteiger charge is -2.20. The molecule has 0 saturated carbocycles. The highest BCUT2D eigenvalue weighted by Crippen LogP contribution is 2.38. The molecule has 4 rings (SSSR count). The highest BCUT2D eigenvalue weighted by Gasteiger charge is 2.36. The van der Waals surface area contributed by atoms with Crippen LogP contribution in [0.1, 0.15) is 18.2 Å². The number of carbonyl (C=O) groups is 1. The summed E-state index contributed by atoms with van der Waals surface area (Å²) in [5, 5.41) is 4.11. The molecule has 1 saturated heterocycles. The summed E-state index contributed by atoms with van der Waals surface area (Å²) in [5.74, 6) is 2.64. The Morgan fingerprint density at radius 3 is 2.59 bits per heavy atom. The molecule has 150 valence electrons. The second-order valence-corrected chi connectivity index (χ2v) is 6.63. The molecule has 0 bridgehead atoms. The predicted molar refractivity (Wildman–Crippen MR) is 106 cm³/mol. The van der Waals surface area contributed by atoms with Gasteiger partial charge in [-0.3, -0.25) is 4.79 Å². The predicted octanol–water partition coefficient (Wildman–Crippen LogP) is 3.28. The summed E-state index contributed by atoms with van der Waals surface area (Å²) in [7, 11) is 4.76. The van der Waals surface area contributed by atoms with Crippen LogP contribution >= 0.6 is 0 Å². The first-order valence-corrected chi connectivity index (χ1v) is 9.13. The van der Waals surface area contributed by atoms with Crippen LogP contribution in [0.2, 0.25) is 0 Å². The Balaban J connectivity index is 1.58. The largest absolute Gasteiger partial charge is 0.497 e. The topological polar surface area (TPSA) is 86.9 Å². The van der Waals surface area contributed by atoms with Crippen LogP contribution in [0.25, 0.3) is 11.5 Å². The Labute approximate surface area is 168 Å². The van der Waals surface area contributed by atoms with E-state index in [2.05, 4.69) is 10.1 Å². The molecule has 8 heteroatoms. The van der Waals surface area contributed by atoms with Crippen molar-refractivity contribution in [3.05, 3.63) is 48.3 Å². The summed E-state index contributed by atoms with van der Waals surface area (Å²) in [6.45, 7) is 0.430. The van der Waals surface area contributed by atoms with Crippen LogP contribution in [-0.4, -0.2) is 43.9 Å². The number of ether oxygens (including phenoxy) is 3. The summed E-state index contributed by atoms with van der Waals surface area (Å²) in [6.07, 6.45) is 0.289. The molecule has 1 unspecified atom stereocenters. The van der Waals surface area contributed by atoms with Crippen molar-refractivity contribution in [1.29, 1.82) is 0 Å². The standard InChI is InChI=1S/C21H21N3O5/c1-26-15-6-4-5-13(9-15)21-22-20(23-29-21)14-10-19(25)24(12-14)17-11-16(27-2)7-8-18(17)28-3/h4-9,11,14H,10,12H2,1-3H3. The number of hydrogen-bond acceptors (Lipinski definition) is 7. The van der Waals surface area contributed by atoms with E-state index in [1.807, 2.05) is 24.3 Å². The minimum atomic E-state index is -0.179. The number of amides is 1. The van der Waals surface area contributed by atoms with Crippen molar-refractivity contribution in [2.45, 2.75) is 12.3 Å². The first kappa shape index (κ1) is 18.8. The van der Waals surface area contributed by atoms with Gasteiger partial charge in [0, 0.05) is 30.5 Å². The van der Waals surface area contributed by atoms with Crippen molar-refractivity contribution in [1.82, 2.24) is 10.1 Å². The van der Waals surface area contributed by atoms with Gasteiger partial charge in [-0.05, 0) is 30.3 Å². The lowest BCUT2D eigenvalue weighted by molar-refractivity contribution is -0.117. The molecule has 1 fully saturated rings. The van der Waals surface area contributed by atoms with E-state index in [1.165, 1.54) is 0 Å². The normalized spacial score (nSPS) is 16.2. The Morgan fingerprint density at radius 2 is 1.83 bits per heavy atom. The molecule has 29 heavy (non-hydrogen) atoms. The van der Waals surface area contributed by atoms with E-state index in [1.54, 1.807) is 44.4 Å². The molecule has 8 nitrogen and oxygen atoms in total. The van der Waals surface area contributed by atoms with Crippen LogP contribution in [0.3, 0.4) is 0 Å². The van der Waals surface area contributed by atoms with Crippen molar-refractivity contribution < 1.29 is 23.5 Å². The van der Waals surface area contributed by atoms with Gasteiger partial charge in [-0.1, -0.05) is 11.2 Å². The number of methoxy groups -OCH3 is 3. The van der Waals surface area contributed by atoms with Gasteiger partial charge >= 0.3 is 0 Å². The molecule has 0 spiro atoms. The Bertz CT molecular complexity index is 1030. The first-order valence-electron chi connectivity index (χ1n) is 9.13. The smallest absolute Gasteiger partial charge is 0.258 e. The van der Waals surface area contributed by atoms with E-state index in [-0.39, 0.29) is 18.2 Å². The number of aromatic nitrogens is 2. The van der Waals surface area contributed by atoms with Crippen LogP contribution in [0, 0.1) is 0 Å². The lowest BCUT2D eigenvalue weighted by atomic mass is 10.1. The summed E-state index contributed by atoms with van der Waals surface area (Å²) in [5.41, 5.74) is 1.43. The number of benzene rings is 2. The fraction of sp³-hybridized carbons (Fsp3) is 0.286. The third-order valence-electron chi connectivity index (χ3n) is 4.93. The zero-order valence-corrected chi connectivity index (χ0v) is 16.4. The van der Waals surface area contributed by atoms with Crippen molar-refractivity contribution >= 4 is 11.6 Å². The van der Waals surface area contributed by atoms with Gasteiger partial charge in [0.25, 0.3) is 5.89 Å². The average Bonchev–Trinajstić information content (AvgIpc) is 3.40. The molecule has 1 aliphatic heterocycles. The maximum Gasteiger partial charge on any atom is 0.258 e. The van der Waals surface area contributed by atoms with Crippen molar-refractivity contribution in [2.75, 3.05) is 32.8 Å². The van der Waals surface area contributed by atoms with E-state index >= 15 is 0 Å². The Morgan fingerprint density at radius 1 is 1.03 bits per heavy atom. The number of hydrogen-bond donors (Lipinski definition) is 0. The molecule has 3 aromatic rings. The summed E-state index contributed by atoms with van der Waals surface area (Å²) in [6, 6.07) is 12.8. The van der Waals surface area contributed by atoms with Crippen LogP contribution in [0.4, 0.5) is 5.69 Å². The molecule has 0 radical (unpaired) electrons. The first-order chi connectivity index (χ1) is 14.1. The van der Waals surface area contributed by atoms with Crippen LogP contribution in [-0.2, 0) is 4.79 Å². The Kier molecular flexibility index (Phi) is 5.07. The van der Waals surface area contributed by atoms with Gasteiger partial charge in [0.2, 0.25) is 5.91 Å². The van der Waals surface area contributed by atoms with Gasteiger partial charge in [-0.25, -0.2) is 0 Å². The monoisotopic (exact) mass is 395 g/mol. The lowest BCUT2D eigenvalue weighted by Crippen LogP contribution is -2.25. The van der Waals surface area contributed by atoms with E-state index in [0.29, 0.717) is 41.2 Å². The quantitative estimate of drug-likeness (QED) is 0.633. The van der Waals surface area contributed by atoms with E-state index in [9.17, 15) is 4.79 Å². The minimum Gasteiger partial charge on any atom is -0.497 e. The fourth-order valence-corrected chi connectivity index (χ4v) is 3.40. The zero-order chi connectivity index (χ0) is 20.4. The summed E-state index contributed by atoms with van der Waals surface area (Å²) < 4.78 is 21.4. The van der Waals surface area contributed by atoms with Gasteiger partial charge in [0.15, 0.2) is 5.82 Å². The molecular weight excluding hydrogens is 374 g/mol. The molecule has 0 N–H and O–H groups in total. The average molecular weight is 395 g/mol. The highest BCUT2D eigenvalue weighted by molar-refractivity contribution is 5.98. The van der Waals surface area contributed by atoms with E-state index < -0.39 is 0 Å². The Hall–Kier alpha value is -3.55. The van der Waals surface area contributed by atoms with E-state index in [0.717, 1.165) is 5.56 Å². The molecule has 1 aromatic heterocycles. The third-order valence-corrected chi connectivity index (χ3v) is 4.93. The van der Waals surface area contributed by atoms with Gasteiger partial charge in [-0.15, -0.1) is 0 Å². The maximum absolute atomic E-state index is 12.7. The summed E-state index contributed by atoms with van der Waals surface area (Å²) in [4.78, 5) is 18.9. The molecule has 2 aromatic carbocycles. The molecular formula is C21H21N3O5. The van der Waals surface area contributed by atoms with Gasteiger partial charge in [-0.2, -0.15) is 4.98 Å². The van der Waals surface area contributed by atoms with Gasteiger partial charge in [0.1, 0.15) is 17.2 Å². The summed E-state index contributed by atoms with van der Waals surface area (Å²) >= 11 is 0. The maximum atomic E-state index is 12.7. The molecule has 1 atom stereocenters. The number of rotatable bonds is 6. The SMILES string of the molecule is COc1cccc(-c2nc(C3CC(=O)N(c4cc(OC)ccc4OC)C3)no2)c1. The zero-order valence-electron chi connectivity index (χ0n) is 16.4. The molecule has 1 amide bonds. The number of anilines is 1.